The molecule has 2 nitrogen and oxygen atoms in total. The Hall–Kier alpha value is -0.0800. The van der Waals surface area contributed by atoms with Gasteiger partial charge in [-0.1, -0.05) is 20.8 Å². The number of nitrogens with two attached hydrogens (primary N) is 1. The van der Waals surface area contributed by atoms with E-state index in [1.807, 2.05) is 13.8 Å². The van der Waals surface area contributed by atoms with Crippen molar-refractivity contribution in [1.82, 2.24) is 4.90 Å². The molecule has 0 heterocycles. The van der Waals surface area contributed by atoms with Gasteiger partial charge in [0.2, 0.25) is 0 Å². The van der Waals surface area contributed by atoms with Gasteiger partial charge in [0.15, 0.2) is 0 Å². The number of nitrogens with zero attached hydrogens (tertiary/aromatic N) is 1. The smallest absolute Gasteiger partial charge is 0.0102 e. The minimum absolute atomic E-state index is 0.774. The summed E-state index contributed by atoms with van der Waals surface area (Å²) < 4.78 is 0. The van der Waals surface area contributed by atoms with Crippen LogP contribution in [0.4, 0.5) is 0 Å². The van der Waals surface area contributed by atoms with Gasteiger partial charge in [-0.05, 0) is 20.0 Å². The van der Waals surface area contributed by atoms with Gasteiger partial charge in [-0.3, -0.25) is 0 Å². The third-order valence-electron chi connectivity index (χ3n) is 1.12. The van der Waals surface area contributed by atoms with Gasteiger partial charge in [-0.2, -0.15) is 0 Å². The first kappa shape index (κ1) is 12.6. The van der Waals surface area contributed by atoms with E-state index in [9.17, 15) is 0 Å². The monoisotopic (exact) mass is 146 g/mol. The Morgan fingerprint density at radius 2 is 1.70 bits per heavy atom. The fourth-order valence-electron chi connectivity index (χ4n) is 0.714. The lowest BCUT2D eigenvalue weighted by atomic mass is 10.4. The quantitative estimate of drug-likeness (QED) is 0.648. The maximum Gasteiger partial charge on any atom is 0.0102 e. The fraction of sp³-hybridized carbons (Fsp3) is 1.00. The van der Waals surface area contributed by atoms with Gasteiger partial charge in [0.05, 0.1) is 0 Å². The van der Waals surface area contributed by atoms with Crippen LogP contribution >= 0.6 is 0 Å². The van der Waals surface area contributed by atoms with Crippen LogP contribution in [-0.4, -0.2) is 31.6 Å². The topological polar surface area (TPSA) is 29.3 Å². The second-order valence-electron chi connectivity index (χ2n) is 2.09. The number of hydrogen-bond acceptors (Lipinski definition) is 2. The van der Waals surface area contributed by atoms with Crippen LogP contribution < -0.4 is 5.73 Å². The molecule has 2 N–H and O–H groups in total. The van der Waals surface area contributed by atoms with E-state index in [1.165, 1.54) is 6.42 Å². The highest BCUT2D eigenvalue weighted by Crippen LogP contribution is 1.82. The average molecular weight is 146 g/mol. The predicted octanol–water partition coefficient (Wildman–Crippen LogP) is 1.31. The zero-order valence-corrected chi connectivity index (χ0v) is 7.85. The summed E-state index contributed by atoms with van der Waals surface area (Å²) in [5, 5.41) is 0. The molecule has 0 spiro atoms. The van der Waals surface area contributed by atoms with E-state index >= 15 is 0 Å². The van der Waals surface area contributed by atoms with Crippen LogP contribution in [0, 0.1) is 0 Å². The molecule has 0 aromatic rings. The van der Waals surface area contributed by atoms with Crippen LogP contribution in [0.25, 0.3) is 0 Å². The van der Waals surface area contributed by atoms with Gasteiger partial charge >= 0.3 is 0 Å². The molecule has 0 rings (SSSR count). The normalized spacial score (nSPS) is 9.00. The number of rotatable bonds is 4. The van der Waals surface area contributed by atoms with Crippen molar-refractivity contribution in [1.29, 1.82) is 0 Å². The van der Waals surface area contributed by atoms with E-state index in [0.29, 0.717) is 0 Å². The van der Waals surface area contributed by atoms with Crippen molar-refractivity contribution in [3.63, 3.8) is 0 Å². The molecule has 0 bridgehead atoms. The van der Waals surface area contributed by atoms with E-state index in [-0.39, 0.29) is 0 Å². The lowest BCUT2D eigenvalue weighted by Crippen LogP contribution is -2.25. The van der Waals surface area contributed by atoms with E-state index in [4.69, 9.17) is 5.73 Å². The average Bonchev–Trinajstić information content (AvgIpc) is 1.93. The summed E-state index contributed by atoms with van der Waals surface area (Å²) in [7, 11) is 2.09. The fourth-order valence-corrected chi connectivity index (χ4v) is 0.714. The summed E-state index contributed by atoms with van der Waals surface area (Å²) in [6.07, 6.45) is 1.22. The van der Waals surface area contributed by atoms with E-state index in [1.54, 1.807) is 0 Å². The molecule has 0 amide bonds. The van der Waals surface area contributed by atoms with Gasteiger partial charge in [0, 0.05) is 13.1 Å². The maximum absolute atomic E-state index is 5.32. The summed E-state index contributed by atoms with van der Waals surface area (Å²) in [6.45, 7) is 9.13. The molecule has 0 saturated heterocycles. The van der Waals surface area contributed by atoms with Gasteiger partial charge in [0.25, 0.3) is 0 Å². The molecular formula is C8H22N2. The van der Waals surface area contributed by atoms with Crippen LogP contribution in [0.1, 0.15) is 27.2 Å². The molecule has 0 aliphatic carbocycles. The Balaban J connectivity index is 0. The van der Waals surface area contributed by atoms with Crippen LogP contribution in [0.15, 0.2) is 0 Å². The van der Waals surface area contributed by atoms with Crippen molar-refractivity contribution >= 4 is 0 Å². The zero-order chi connectivity index (χ0) is 8.41. The van der Waals surface area contributed by atoms with E-state index in [2.05, 4.69) is 18.9 Å². The summed E-state index contributed by atoms with van der Waals surface area (Å²) in [6, 6.07) is 0. The zero-order valence-electron chi connectivity index (χ0n) is 7.85. The molecule has 0 aliphatic rings. The second-order valence-corrected chi connectivity index (χ2v) is 2.09. The highest BCUT2D eigenvalue weighted by atomic mass is 15.1. The van der Waals surface area contributed by atoms with Crippen molar-refractivity contribution in [2.75, 3.05) is 26.7 Å². The third kappa shape index (κ3) is 10.8. The minimum atomic E-state index is 0.774. The molecule has 64 valence electrons. The van der Waals surface area contributed by atoms with Crippen molar-refractivity contribution in [2.45, 2.75) is 27.2 Å². The summed E-state index contributed by atoms with van der Waals surface area (Å²) in [4.78, 5) is 2.24. The number of hydrogen-bond donors (Lipinski definition) is 1. The molecule has 2 heteroatoms. The highest BCUT2D eigenvalue weighted by Gasteiger charge is 1.90. The summed E-state index contributed by atoms with van der Waals surface area (Å²) >= 11 is 0. The second kappa shape index (κ2) is 11.7. The lowest BCUT2D eigenvalue weighted by Gasteiger charge is -2.12. The van der Waals surface area contributed by atoms with Crippen LogP contribution in [-0.2, 0) is 0 Å². The standard InChI is InChI=1S/C6H16N2.C2H6/c1-3-5-8(2)6-4-7;1-2/h3-7H2,1-2H3;1-2H3. The van der Waals surface area contributed by atoms with Crippen molar-refractivity contribution in [2.24, 2.45) is 5.73 Å². The maximum atomic E-state index is 5.32. The van der Waals surface area contributed by atoms with Gasteiger partial charge in [0.1, 0.15) is 0 Å². The van der Waals surface area contributed by atoms with E-state index in [0.717, 1.165) is 19.6 Å². The molecular weight excluding hydrogens is 124 g/mol. The molecule has 0 radical (unpaired) electrons. The van der Waals surface area contributed by atoms with Crippen molar-refractivity contribution in [3.8, 4) is 0 Å². The summed E-state index contributed by atoms with van der Waals surface area (Å²) in [5.74, 6) is 0. The van der Waals surface area contributed by atoms with Crippen molar-refractivity contribution in [3.05, 3.63) is 0 Å². The van der Waals surface area contributed by atoms with Gasteiger partial charge in [-0.25, -0.2) is 0 Å². The highest BCUT2D eigenvalue weighted by molar-refractivity contribution is 4.47. The third-order valence-corrected chi connectivity index (χ3v) is 1.12. The van der Waals surface area contributed by atoms with Crippen LogP contribution in [0.5, 0.6) is 0 Å². The molecule has 0 atom stereocenters. The van der Waals surface area contributed by atoms with Crippen molar-refractivity contribution < 1.29 is 0 Å². The van der Waals surface area contributed by atoms with Gasteiger partial charge < -0.3 is 10.6 Å². The van der Waals surface area contributed by atoms with Gasteiger partial charge in [-0.15, -0.1) is 0 Å². The minimum Gasteiger partial charge on any atom is -0.329 e. The SMILES string of the molecule is CC.CCCN(C)CCN. The Labute approximate surface area is 65.4 Å². The van der Waals surface area contributed by atoms with Crippen LogP contribution in [0.2, 0.25) is 0 Å². The van der Waals surface area contributed by atoms with Crippen LogP contribution in [0.3, 0.4) is 0 Å². The number of likely N-dealkylation sites (N-methyl/N-ethyl adjacent to an activating group) is 1. The Morgan fingerprint density at radius 3 is 2.00 bits per heavy atom. The van der Waals surface area contributed by atoms with E-state index < -0.39 is 0 Å². The Morgan fingerprint density at radius 1 is 1.20 bits per heavy atom. The summed E-state index contributed by atoms with van der Waals surface area (Å²) in [5.41, 5.74) is 5.32. The molecule has 0 unspecified atom stereocenters. The molecule has 10 heavy (non-hydrogen) atoms. The molecule has 0 aliphatic heterocycles. The first-order chi connectivity index (χ1) is 4.81. The first-order valence-corrected chi connectivity index (χ1v) is 4.20. The predicted molar refractivity (Wildman–Crippen MR) is 48.2 cm³/mol. The molecule has 0 aromatic heterocycles. The lowest BCUT2D eigenvalue weighted by molar-refractivity contribution is 0.344. The molecule has 0 aromatic carbocycles. The Bertz CT molecular complexity index is 40.5. The molecule has 0 saturated carbocycles. The Kier molecular flexibility index (Phi) is 14.7. The largest absolute Gasteiger partial charge is 0.329 e. The molecule has 0 fully saturated rings. The first-order valence-electron chi connectivity index (χ1n) is 4.20.